The van der Waals surface area contributed by atoms with Gasteiger partial charge in [0.1, 0.15) is 0 Å². The molecule has 0 bridgehead atoms. The predicted molar refractivity (Wildman–Crippen MR) is 71.3 cm³/mol. The van der Waals surface area contributed by atoms with Crippen molar-refractivity contribution in [2.45, 2.75) is 0 Å². The summed E-state index contributed by atoms with van der Waals surface area (Å²) in [5.41, 5.74) is 0.678. The summed E-state index contributed by atoms with van der Waals surface area (Å²) in [5.74, 6) is 0.0796. The van der Waals surface area contributed by atoms with E-state index < -0.39 is 4.92 Å². The number of nitrogens with zero attached hydrogens (tertiary/aromatic N) is 4. The van der Waals surface area contributed by atoms with Crippen LogP contribution >= 0.6 is 11.6 Å². The maximum Gasteiger partial charge on any atom is 0.355 e. The van der Waals surface area contributed by atoms with E-state index in [1.165, 1.54) is 28.9 Å². The van der Waals surface area contributed by atoms with Gasteiger partial charge in [0.15, 0.2) is 0 Å². The number of rotatable bonds is 2. The quantitative estimate of drug-likeness (QED) is 0.313. The lowest BCUT2D eigenvalue weighted by Crippen LogP contribution is -2.34. The molecule has 0 saturated carbocycles. The van der Waals surface area contributed by atoms with E-state index in [0.29, 0.717) is 21.1 Å². The molecule has 3 rings (SSSR count). The lowest BCUT2D eigenvalue weighted by atomic mass is 10.2. The number of aromatic nitrogens is 3. The molecular formula is C12H7ClN4O3. The average Bonchev–Trinajstić information content (AvgIpc) is 2.76. The van der Waals surface area contributed by atoms with E-state index in [-0.39, 0.29) is 11.5 Å². The van der Waals surface area contributed by atoms with Crippen molar-refractivity contribution in [3.63, 3.8) is 0 Å². The van der Waals surface area contributed by atoms with Crippen molar-refractivity contribution in [3.05, 3.63) is 62.9 Å². The molecule has 0 aliphatic heterocycles. The van der Waals surface area contributed by atoms with Crippen molar-refractivity contribution in [1.29, 1.82) is 0 Å². The van der Waals surface area contributed by atoms with Crippen LogP contribution in [0.25, 0.3) is 17.0 Å². The number of fused-ring (bicyclic) bond motifs is 1. The first-order chi connectivity index (χ1) is 9.56. The number of benzene rings is 1. The second-order valence-corrected chi connectivity index (χ2v) is 4.50. The third-order valence-electron chi connectivity index (χ3n) is 2.78. The van der Waals surface area contributed by atoms with Crippen LogP contribution in [-0.4, -0.2) is 14.4 Å². The normalized spacial score (nSPS) is 10.8. The van der Waals surface area contributed by atoms with Crippen LogP contribution in [0, 0.1) is 15.3 Å². The molecule has 0 amide bonds. The molecule has 8 heteroatoms. The summed E-state index contributed by atoms with van der Waals surface area (Å²) in [7, 11) is 0. The number of nitro groups is 1. The average molecular weight is 291 g/mol. The van der Waals surface area contributed by atoms with E-state index in [9.17, 15) is 15.3 Å². The second kappa shape index (κ2) is 4.46. The molecule has 0 N–H and O–H groups in total. The van der Waals surface area contributed by atoms with Gasteiger partial charge >= 0.3 is 5.82 Å². The fourth-order valence-corrected chi connectivity index (χ4v) is 2.03. The fraction of sp³-hybridized carbons (Fsp3) is 0. The molecule has 0 spiro atoms. The molecule has 3 aromatic rings. The van der Waals surface area contributed by atoms with Gasteiger partial charge in [0, 0.05) is 18.2 Å². The maximum atomic E-state index is 12.2. The Hall–Kier alpha value is -2.67. The first-order valence-corrected chi connectivity index (χ1v) is 5.96. The van der Waals surface area contributed by atoms with Crippen molar-refractivity contribution >= 4 is 22.9 Å². The fourth-order valence-electron chi connectivity index (χ4n) is 1.88. The van der Waals surface area contributed by atoms with Crippen LogP contribution in [0.3, 0.4) is 0 Å². The van der Waals surface area contributed by atoms with Crippen molar-refractivity contribution in [2.24, 2.45) is 0 Å². The smallest absolute Gasteiger partial charge is 0.355 e. The molecule has 0 saturated heterocycles. The van der Waals surface area contributed by atoms with E-state index in [0.717, 1.165) is 0 Å². The van der Waals surface area contributed by atoms with Crippen LogP contribution in [0.15, 0.2) is 42.6 Å². The first kappa shape index (κ1) is 12.4. The number of hydrogen-bond acceptors (Lipinski definition) is 4. The molecule has 0 fully saturated rings. The molecule has 20 heavy (non-hydrogen) atoms. The summed E-state index contributed by atoms with van der Waals surface area (Å²) in [5, 5.41) is 23.3. The number of halogens is 1. The second-order valence-electron chi connectivity index (χ2n) is 4.07. The molecule has 2 heterocycles. The predicted octanol–water partition coefficient (Wildman–Crippen LogP) is 2.20. The van der Waals surface area contributed by atoms with Crippen LogP contribution < -0.4 is 4.85 Å². The summed E-state index contributed by atoms with van der Waals surface area (Å²) >= 11 is 5.82. The topological polar surface area (TPSA) is 87.4 Å². The van der Waals surface area contributed by atoms with Gasteiger partial charge in [-0.15, -0.1) is 9.36 Å². The SMILES string of the molecule is O=[N+]([O-])c1cccc(-c2nc3ccc(Cl)cn3[n+]2[O-])c1. The van der Waals surface area contributed by atoms with Gasteiger partial charge < -0.3 is 5.21 Å². The Kier molecular flexibility index (Phi) is 2.76. The number of hydrogen-bond donors (Lipinski definition) is 0. The zero-order valence-electron chi connectivity index (χ0n) is 9.93. The Morgan fingerprint density at radius 2 is 2.10 bits per heavy atom. The molecular weight excluding hydrogens is 284 g/mol. The van der Waals surface area contributed by atoms with E-state index in [2.05, 4.69) is 4.98 Å². The van der Waals surface area contributed by atoms with Crippen LogP contribution in [-0.2, 0) is 0 Å². The molecule has 0 radical (unpaired) electrons. The minimum absolute atomic E-state index is 0.0796. The van der Waals surface area contributed by atoms with Crippen LogP contribution in [0.4, 0.5) is 5.69 Å². The van der Waals surface area contributed by atoms with E-state index in [1.807, 2.05) is 0 Å². The van der Waals surface area contributed by atoms with Gasteiger partial charge in [0.25, 0.3) is 11.3 Å². The standard InChI is InChI=1S/C12H7ClN4O3/c13-9-4-5-11-14-12(16(18)15(11)7-9)8-2-1-3-10(6-8)17(19)20/h1-7H. The molecule has 1 aromatic carbocycles. The molecule has 0 aliphatic rings. The summed E-state index contributed by atoms with van der Waals surface area (Å²) in [6.45, 7) is 0. The van der Waals surface area contributed by atoms with Crippen LogP contribution in [0.2, 0.25) is 5.02 Å². The lowest BCUT2D eigenvalue weighted by molar-refractivity contribution is -0.667. The Bertz CT molecular complexity index is 831. The molecule has 0 atom stereocenters. The lowest BCUT2D eigenvalue weighted by Gasteiger charge is -2.02. The van der Waals surface area contributed by atoms with Crippen molar-refractivity contribution in [3.8, 4) is 11.4 Å². The third-order valence-corrected chi connectivity index (χ3v) is 3.01. The Labute approximate surface area is 117 Å². The molecule has 0 unspecified atom stereocenters. The van der Waals surface area contributed by atoms with Gasteiger partial charge in [0.2, 0.25) is 0 Å². The van der Waals surface area contributed by atoms with Crippen LogP contribution in [0.1, 0.15) is 0 Å². The van der Waals surface area contributed by atoms with Gasteiger partial charge in [-0.25, -0.2) is 0 Å². The number of non-ortho nitro benzene ring substituents is 1. The van der Waals surface area contributed by atoms with Crippen LogP contribution in [0.5, 0.6) is 0 Å². The Morgan fingerprint density at radius 1 is 1.30 bits per heavy atom. The van der Waals surface area contributed by atoms with Crippen molar-refractivity contribution in [2.75, 3.05) is 0 Å². The molecule has 100 valence electrons. The highest BCUT2D eigenvalue weighted by Gasteiger charge is 2.20. The van der Waals surface area contributed by atoms with Gasteiger partial charge in [-0.2, -0.15) is 0 Å². The summed E-state index contributed by atoms with van der Waals surface area (Å²) in [4.78, 5) is 14.9. The maximum absolute atomic E-state index is 12.2. The van der Waals surface area contributed by atoms with E-state index >= 15 is 0 Å². The molecule has 7 nitrogen and oxygen atoms in total. The zero-order chi connectivity index (χ0) is 14.3. The summed E-state index contributed by atoms with van der Waals surface area (Å²) in [6, 6.07) is 8.96. The van der Waals surface area contributed by atoms with Crippen molar-refractivity contribution < 1.29 is 9.77 Å². The largest absolute Gasteiger partial charge is 0.692 e. The summed E-state index contributed by atoms with van der Waals surface area (Å²) in [6.07, 6.45) is 1.43. The number of pyridine rings is 1. The van der Waals surface area contributed by atoms with Gasteiger partial charge in [-0.05, 0) is 17.1 Å². The summed E-state index contributed by atoms with van der Waals surface area (Å²) < 4.78 is 1.23. The third kappa shape index (κ3) is 1.94. The molecule has 2 aromatic heterocycles. The van der Waals surface area contributed by atoms with Gasteiger partial charge in [-0.1, -0.05) is 17.7 Å². The highest BCUT2D eigenvalue weighted by Crippen LogP contribution is 2.21. The minimum atomic E-state index is -0.523. The van der Waals surface area contributed by atoms with E-state index in [1.54, 1.807) is 18.2 Å². The monoisotopic (exact) mass is 290 g/mol. The Balaban J connectivity index is 2.22. The highest BCUT2D eigenvalue weighted by atomic mass is 35.5. The van der Waals surface area contributed by atoms with Gasteiger partial charge in [-0.3, -0.25) is 10.1 Å². The molecule has 0 aliphatic carbocycles. The zero-order valence-corrected chi connectivity index (χ0v) is 10.7. The van der Waals surface area contributed by atoms with E-state index in [4.69, 9.17) is 11.6 Å². The van der Waals surface area contributed by atoms with Gasteiger partial charge in [0.05, 0.1) is 21.7 Å². The highest BCUT2D eigenvalue weighted by molar-refractivity contribution is 6.30. The minimum Gasteiger partial charge on any atom is -0.692 e. The number of nitro benzene ring substituents is 1. The first-order valence-electron chi connectivity index (χ1n) is 5.58. The Morgan fingerprint density at radius 3 is 2.85 bits per heavy atom. The van der Waals surface area contributed by atoms with Crippen molar-refractivity contribution in [1.82, 2.24) is 9.50 Å².